The standard InChI is InChI=1S/C14H22BrNO/c1-5-10(3)16(6-2)14-8-7-12(11(4)17)9-13(14)15/h7-11,17H,5-6H2,1-4H3/t10?,11-/m0/s1. The smallest absolute Gasteiger partial charge is 0.0762 e. The molecule has 0 saturated heterocycles. The van der Waals surface area contributed by atoms with E-state index in [0.717, 1.165) is 23.0 Å². The van der Waals surface area contributed by atoms with E-state index in [9.17, 15) is 5.11 Å². The number of nitrogens with zero attached hydrogens (tertiary/aromatic N) is 1. The predicted molar refractivity (Wildman–Crippen MR) is 77.5 cm³/mol. The van der Waals surface area contributed by atoms with Crippen LogP contribution in [-0.2, 0) is 0 Å². The Labute approximate surface area is 113 Å². The molecule has 0 aliphatic heterocycles. The van der Waals surface area contributed by atoms with Gasteiger partial charge in [0.05, 0.1) is 11.8 Å². The van der Waals surface area contributed by atoms with Gasteiger partial charge in [0.15, 0.2) is 0 Å². The van der Waals surface area contributed by atoms with E-state index < -0.39 is 6.10 Å². The highest BCUT2D eigenvalue weighted by Gasteiger charge is 2.14. The van der Waals surface area contributed by atoms with E-state index in [-0.39, 0.29) is 0 Å². The van der Waals surface area contributed by atoms with Gasteiger partial charge in [-0.1, -0.05) is 13.0 Å². The van der Waals surface area contributed by atoms with Gasteiger partial charge in [0.25, 0.3) is 0 Å². The molecule has 2 atom stereocenters. The summed E-state index contributed by atoms with van der Waals surface area (Å²) < 4.78 is 1.05. The first-order valence-corrected chi connectivity index (χ1v) is 7.04. The zero-order chi connectivity index (χ0) is 13.0. The fourth-order valence-corrected chi connectivity index (χ4v) is 2.58. The Bertz CT molecular complexity index is 365. The number of aliphatic hydroxyl groups excluding tert-OH is 1. The minimum Gasteiger partial charge on any atom is -0.389 e. The lowest BCUT2D eigenvalue weighted by Gasteiger charge is -2.30. The molecule has 0 amide bonds. The van der Waals surface area contributed by atoms with Gasteiger partial charge in [0.2, 0.25) is 0 Å². The van der Waals surface area contributed by atoms with Crippen LogP contribution >= 0.6 is 15.9 Å². The van der Waals surface area contributed by atoms with Gasteiger partial charge in [-0.05, 0) is 60.8 Å². The first-order chi connectivity index (χ1) is 8.01. The summed E-state index contributed by atoms with van der Waals surface area (Å²) in [5.74, 6) is 0. The number of aliphatic hydroxyl groups is 1. The van der Waals surface area contributed by atoms with E-state index in [4.69, 9.17) is 0 Å². The minimum atomic E-state index is -0.418. The van der Waals surface area contributed by atoms with E-state index in [1.165, 1.54) is 5.69 Å². The average molecular weight is 300 g/mol. The highest BCUT2D eigenvalue weighted by Crippen LogP contribution is 2.30. The zero-order valence-electron chi connectivity index (χ0n) is 11.1. The van der Waals surface area contributed by atoms with E-state index in [2.05, 4.69) is 47.7 Å². The van der Waals surface area contributed by atoms with Crippen LogP contribution in [0.4, 0.5) is 5.69 Å². The van der Waals surface area contributed by atoms with Crippen LogP contribution in [0.25, 0.3) is 0 Å². The normalized spacial score (nSPS) is 14.5. The lowest BCUT2D eigenvalue weighted by Crippen LogP contribution is -2.32. The predicted octanol–water partition coefficient (Wildman–Crippen LogP) is 4.13. The average Bonchev–Trinajstić information content (AvgIpc) is 2.31. The lowest BCUT2D eigenvalue weighted by molar-refractivity contribution is 0.199. The van der Waals surface area contributed by atoms with E-state index in [1.54, 1.807) is 6.92 Å². The number of anilines is 1. The maximum absolute atomic E-state index is 9.56. The van der Waals surface area contributed by atoms with Gasteiger partial charge in [0.1, 0.15) is 0 Å². The van der Waals surface area contributed by atoms with E-state index in [0.29, 0.717) is 6.04 Å². The highest BCUT2D eigenvalue weighted by atomic mass is 79.9. The largest absolute Gasteiger partial charge is 0.389 e. The van der Waals surface area contributed by atoms with Crippen LogP contribution in [0.1, 0.15) is 45.8 Å². The van der Waals surface area contributed by atoms with Crippen molar-refractivity contribution >= 4 is 21.6 Å². The summed E-state index contributed by atoms with van der Waals surface area (Å²) in [5.41, 5.74) is 2.15. The third-order valence-corrected chi connectivity index (χ3v) is 3.86. The van der Waals surface area contributed by atoms with Crippen molar-refractivity contribution in [3.05, 3.63) is 28.2 Å². The first-order valence-electron chi connectivity index (χ1n) is 6.25. The van der Waals surface area contributed by atoms with Crippen LogP contribution in [0.5, 0.6) is 0 Å². The molecule has 96 valence electrons. The molecule has 0 fully saturated rings. The molecule has 0 bridgehead atoms. The first kappa shape index (κ1) is 14.5. The van der Waals surface area contributed by atoms with Crippen molar-refractivity contribution in [3.8, 4) is 0 Å². The second-order valence-corrected chi connectivity index (χ2v) is 5.28. The number of benzene rings is 1. The topological polar surface area (TPSA) is 23.5 Å². The molecule has 1 unspecified atom stereocenters. The zero-order valence-corrected chi connectivity index (χ0v) is 12.7. The minimum absolute atomic E-state index is 0.418. The van der Waals surface area contributed by atoms with Crippen molar-refractivity contribution in [2.24, 2.45) is 0 Å². The van der Waals surface area contributed by atoms with Crippen molar-refractivity contribution in [3.63, 3.8) is 0 Å². The molecule has 0 aromatic heterocycles. The molecular weight excluding hydrogens is 278 g/mol. The van der Waals surface area contributed by atoms with Crippen molar-refractivity contribution < 1.29 is 5.11 Å². The second kappa shape index (κ2) is 6.41. The molecular formula is C14H22BrNO. The number of hydrogen-bond acceptors (Lipinski definition) is 2. The second-order valence-electron chi connectivity index (χ2n) is 4.43. The van der Waals surface area contributed by atoms with Crippen LogP contribution in [-0.4, -0.2) is 17.7 Å². The quantitative estimate of drug-likeness (QED) is 0.884. The van der Waals surface area contributed by atoms with Crippen molar-refractivity contribution in [1.82, 2.24) is 0 Å². The molecule has 0 aliphatic rings. The fourth-order valence-electron chi connectivity index (χ4n) is 1.96. The molecule has 1 rings (SSSR count). The maximum Gasteiger partial charge on any atom is 0.0762 e. The Balaban J connectivity index is 3.05. The Hall–Kier alpha value is -0.540. The van der Waals surface area contributed by atoms with E-state index in [1.807, 2.05) is 12.1 Å². The SMILES string of the molecule is CCC(C)N(CC)c1ccc([C@H](C)O)cc1Br. The van der Waals surface area contributed by atoms with Gasteiger partial charge in [0, 0.05) is 17.1 Å². The van der Waals surface area contributed by atoms with E-state index >= 15 is 0 Å². The number of hydrogen-bond donors (Lipinski definition) is 1. The molecule has 1 aromatic carbocycles. The van der Waals surface area contributed by atoms with Crippen molar-refractivity contribution in [1.29, 1.82) is 0 Å². The molecule has 0 aliphatic carbocycles. The molecule has 0 spiro atoms. The summed E-state index contributed by atoms with van der Waals surface area (Å²) in [6.07, 6.45) is 0.706. The summed E-state index contributed by atoms with van der Waals surface area (Å²) in [7, 11) is 0. The lowest BCUT2D eigenvalue weighted by atomic mass is 10.1. The van der Waals surface area contributed by atoms with Gasteiger partial charge in [-0.15, -0.1) is 0 Å². The Kier molecular flexibility index (Phi) is 5.47. The highest BCUT2D eigenvalue weighted by molar-refractivity contribution is 9.10. The summed E-state index contributed by atoms with van der Waals surface area (Å²) in [5, 5.41) is 9.56. The number of rotatable bonds is 5. The monoisotopic (exact) mass is 299 g/mol. The third-order valence-electron chi connectivity index (χ3n) is 3.23. The molecule has 17 heavy (non-hydrogen) atoms. The number of halogens is 1. The molecule has 2 nitrogen and oxygen atoms in total. The van der Waals surface area contributed by atoms with Gasteiger partial charge in [-0.3, -0.25) is 0 Å². The maximum atomic E-state index is 9.56. The fraction of sp³-hybridized carbons (Fsp3) is 0.571. The van der Waals surface area contributed by atoms with Gasteiger partial charge >= 0.3 is 0 Å². The third kappa shape index (κ3) is 3.46. The summed E-state index contributed by atoms with van der Waals surface area (Å²) in [4.78, 5) is 2.37. The Morgan fingerprint density at radius 2 is 1.94 bits per heavy atom. The van der Waals surface area contributed by atoms with Crippen molar-refractivity contribution in [2.45, 2.75) is 46.3 Å². The van der Waals surface area contributed by atoms with Crippen LogP contribution in [0.2, 0.25) is 0 Å². The van der Waals surface area contributed by atoms with Gasteiger partial charge in [-0.25, -0.2) is 0 Å². The molecule has 0 saturated carbocycles. The summed E-state index contributed by atoms with van der Waals surface area (Å²) in [6, 6.07) is 6.61. The van der Waals surface area contributed by atoms with Crippen LogP contribution in [0, 0.1) is 0 Å². The molecule has 0 radical (unpaired) electrons. The van der Waals surface area contributed by atoms with Crippen LogP contribution < -0.4 is 4.90 Å². The molecule has 3 heteroatoms. The van der Waals surface area contributed by atoms with Crippen LogP contribution in [0.3, 0.4) is 0 Å². The van der Waals surface area contributed by atoms with Crippen molar-refractivity contribution in [2.75, 3.05) is 11.4 Å². The van der Waals surface area contributed by atoms with Crippen LogP contribution in [0.15, 0.2) is 22.7 Å². The molecule has 0 heterocycles. The Morgan fingerprint density at radius 1 is 1.29 bits per heavy atom. The summed E-state index contributed by atoms with van der Waals surface area (Å²) >= 11 is 3.60. The van der Waals surface area contributed by atoms with Gasteiger partial charge in [-0.2, -0.15) is 0 Å². The summed E-state index contributed by atoms with van der Waals surface area (Å²) in [6.45, 7) is 9.38. The Morgan fingerprint density at radius 3 is 2.35 bits per heavy atom. The molecule has 1 N–H and O–H groups in total. The van der Waals surface area contributed by atoms with Gasteiger partial charge < -0.3 is 10.0 Å². The molecule has 1 aromatic rings.